The highest BCUT2D eigenvalue weighted by Crippen LogP contribution is 2.29. The van der Waals surface area contributed by atoms with Crippen LogP contribution in [0.3, 0.4) is 0 Å². The average Bonchev–Trinajstić information content (AvgIpc) is 2.45. The lowest BCUT2D eigenvalue weighted by Gasteiger charge is -2.24. The topological polar surface area (TPSA) is 53.0 Å². The highest BCUT2D eigenvalue weighted by atomic mass is 19.1. The van der Waals surface area contributed by atoms with Gasteiger partial charge in [-0.05, 0) is 42.8 Å². The zero-order valence-electron chi connectivity index (χ0n) is 11.3. The van der Waals surface area contributed by atoms with Crippen LogP contribution < -0.4 is 10.6 Å². The number of rotatable bonds is 4. The van der Waals surface area contributed by atoms with E-state index in [4.69, 9.17) is 11.0 Å². The van der Waals surface area contributed by atoms with Crippen LogP contribution in [0.5, 0.6) is 0 Å². The highest BCUT2D eigenvalue weighted by Gasteiger charge is 2.12. The fourth-order valence-electron chi connectivity index (χ4n) is 2.16. The van der Waals surface area contributed by atoms with Crippen LogP contribution in [-0.2, 0) is 6.42 Å². The van der Waals surface area contributed by atoms with Crippen molar-refractivity contribution in [1.82, 2.24) is 0 Å². The largest absolute Gasteiger partial charge is 0.398 e. The van der Waals surface area contributed by atoms with E-state index in [9.17, 15) is 4.39 Å². The summed E-state index contributed by atoms with van der Waals surface area (Å²) in [6, 6.07) is 14.2. The van der Waals surface area contributed by atoms with Crippen molar-refractivity contribution in [2.45, 2.75) is 13.3 Å². The maximum atomic E-state index is 13.9. The summed E-state index contributed by atoms with van der Waals surface area (Å²) in [6.07, 6.45) is 0.245. The lowest BCUT2D eigenvalue weighted by Crippen LogP contribution is -2.17. The summed E-state index contributed by atoms with van der Waals surface area (Å²) < 4.78 is 13.9. The Kier molecular flexibility index (Phi) is 4.21. The molecule has 0 amide bonds. The second kappa shape index (κ2) is 6.07. The molecular weight excluding hydrogens is 253 g/mol. The van der Waals surface area contributed by atoms with Gasteiger partial charge in [0.2, 0.25) is 0 Å². The molecule has 0 aromatic heterocycles. The van der Waals surface area contributed by atoms with Crippen molar-refractivity contribution in [2.75, 3.05) is 17.2 Å². The van der Waals surface area contributed by atoms with Crippen molar-refractivity contribution in [3.63, 3.8) is 0 Å². The quantitative estimate of drug-likeness (QED) is 0.862. The van der Waals surface area contributed by atoms with Gasteiger partial charge in [-0.1, -0.05) is 12.1 Å². The summed E-state index contributed by atoms with van der Waals surface area (Å²) in [6.45, 7) is 2.57. The van der Waals surface area contributed by atoms with Crippen LogP contribution in [-0.4, -0.2) is 6.54 Å². The molecule has 0 unspecified atom stereocenters. The van der Waals surface area contributed by atoms with Crippen molar-refractivity contribution < 1.29 is 4.39 Å². The predicted octanol–water partition coefficient (Wildman–Crippen LogP) is 3.63. The van der Waals surface area contributed by atoms with E-state index in [1.807, 2.05) is 24.0 Å². The molecule has 4 heteroatoms. The fourth-order valence-corrected chi connectivity index (χ4v) is 2.16. The summed E-state index contributed by atoms with van der Waals surface area (Å²) in [5.41, 5.74) is 8.54. The standard InChI is InChI=1S/C16H16FN3/c1-2-20(16-6-4-3-5-14(16)17)13-7-8-15(19)12(11-13)9-10-18/h3-8,11H,2,9,19H2,1H3. The number of nitrogens with zero attached hydrogens (tertiary/aromatic N) is 2. The summed E-state index contributed by atoms with van der Waals surface area (Å²) in [4.78, 5) is 1.86. The van der Waals surface area contributed by atoms with Crippen molar-refractivity contribution in [2.24, 2.45) is 0 Å². The Labute approximate surface area is 118 Å². The molecule has 3 nitrogen and oxygen atoms in total. The second-order valence-corrected chi connectivity index (χ2v) is 4.41. The van der Waals surface area contributed by atoms with E-state index in [-0.39, 0.29) is 12.2 Å². The summed E-state index contributed by atoms with van der Waals surface area (Å²) in [7, 11) is 0. The molecule has 2 N–H and O–H groups in total. The predicted molar refractivity (Wildman–Crippen MR) is 79.3 cm³/mol. The third-order valence-corrected chi connectivity index (χ3v) is 3.17. The van der Waals surface area contributed by atoms with Crippen LogP contribution in [0, 0.1) is 17.1 Å². The van der Waals surface area contributed by atoms with Gasteiger partial charge < -0.3 is 10.6 Å². The Balaban J connectivity index is 2.45. The number of halogens is 1. The number of nitrogen functional groups attached to an aromatic ring is 1. The van der Waals surface area contributed by atoms with Crippen molar-refractivity contribution in [3.05, 3.63) is 53.8 Å². The molecule has 0 radical (unpaired) electrons. The van der Waals surface area contributed by atoms with Gasteiger partial charge in [0.15, 0.2) is 0 Å². The number of benzene rings is 2. The Bertz CT molecular complexity index is 646. The van der Waals surface area contributed by atoms with E-state index in [2.05, 4.69) is 6.07 Å². The Hall–Kier alpha value is -2.54. The van der Waals surface area contributed by atoms with Crippen LogP contribution in [0.4, 0.5) is 21.5 Å². The van der Waals surface area contributed by atoms with Gasteiger partial charge in [-0.3, -0.25) is 0 Å². The molecule has 20 heavy (non-hydrogen) atoms. The third kappa shape index (κ3) is 2.72. The van der Waals surface area contributed by atoms with Crippen LogP contribution >= 0.6 is 0 Å². The maximum Gasteiger partial charge on any atom is 0.146 e. The van der Waals surface area contributed by atoms with E-state index >= 15 is 0 Å². The summed E-state index contributed by atoms with van der Waals surface area (Å²) in [5.74, 6) is -0.270. The smallest absolute Gasteiger partial charge is 0.146 e. The van der Waals surface area contributed by atoms with Gasteiger partial charge >= 0.3 is 0 Å². The van der Waals surface area contributed by atoms with E-state index in [1.54, 1.807) is 24.3 Å². The van der Waals surface area contributed by atoms with E-state index in [0.29, 0.717) is 17.9 Å². The van der Waals surface area contributed by atoms with Gasteiger partial charge in [0.1, 0.15) is 5.82 Å². The lowest BCUT2D eigenvalue weighted by molar-refractivity contribution is 0.625. The van der Waals surface area contributed by atoms with Crippen LogP contribution in [0.2, 0.25) is 0 Å². The minimum absolute atomic E-state index is 0.245. The third-order valence-electron chi connectivity index (χ3n) is 3.17. The molecule has 0 aliphatic carbocycles. The molecule has 0 atom stereocenters. The van der Waals surface area contributed by atoms with Crippen molar-refractivity contribution in [3.8, 4) is 6.07 Å². The van der Waals surface area contributed by atoms with Crippen LogP contribution in [0.25, 0.3) is 0 Å². The number of hydrogen-bond acceptors (Lipinski definition) is 3. The van der Waals surface area contributed by atoms with E-state index < -0.39 is 0 Å². The molecule has 0 aliphatic heterocycles. The lowest BCUT2D eigenvalue weighted by atomic mass is 10.1. The van der Waals surface area contributed by atoms with Gasteiger partial charge in [0.05, 0.1) is 18.2 Å². The van der Waals surface area contributed by atoms with E-state index in [0.717, 1.165) is 11.3 Å². The molecule has 0 saturated carbocycles. The van der Waals surface area contributed by atoms with Crippen LogP contribution in [0.1, 0.15) is 12.5 Å². The molecule has 0 bridgehead atoms. The number of para-hydroxylation sites is 1. The molecule has 0 aliphatic rings. The number of nitrogens with two attached hydrogens (primary N) is 1. The van der Waals surface area contributed by atoms with Crippen molar-refractivity contribution >= 4 is 17.1 Å². The van der Waals surface area contributed by atoms with Crippen molar-refractivity contribution in [1.29, 1.82) is 5.26 Å². The average molecular weight is 269 g/mol. The maximum absolute atomic E-state index is 13.9. The normalized spacial score (nSPS) is 10.1. The summed E-state index contributed by atoms with van der Waals surface area (Å²) in [5, 5.41) is 8.81. The molecule has 2 aromatic rings. The molecule has 2 rings (SSSR count). The molecule has 102 valence electrons. The number of anilines is 3. The Morgan fingerprint density at radius 1 is 1.25 bits per heavy atom. The first-order chi connectivity index (χ1) is 9.67. The zero-order valence-corrected chi connectivity index (χ0v) is 11.3. The molecular formula is C16H16FN3. The van der Waals surface area contributed by atoms with Gasteiger partial charge in [0.25, 0.3) is 0 Å². The fraction of sp³-hybridized carbons (Fsp3) is 0.188. The molecule has 0 fully saturated rings. The second-order valence-electron chi connectivity index (χ2n) is 4.41. The molecule has 0 heterocycles. The molecule has 0 saturated heterocycles. The Morgan fingerprint density at radius 2 is 2.00 bits per heavy atom. The minimum atomic E-state index is -0.270. The SMILES string of the molecule is CCN(c1ccc(N)c(CC#N)c1)c1ccccc1F. The Morgan fingerprint density at radius 3 is 2.65 bits per heavy atom. The molecule has 0 spiro atoms. The summed E-state index contributed by atoms with van der Waals surface area (Å²) >= 11 is 0. The molecule has 2 aromatic carbocycles. The van der Waals surface area contributed by atoms with Gasteiger partial charge in [-0.2, -0.15) is 5.26 Å². The highest BCUT2D eigenvalue weighted by molar-refractivity contribution is 5.67. The van der Waals surface area contributed by atoms with Gasteiger partial charge in [-0.15, -0.1) is 0 Å². The van der Waals surface area contributed by atoms with Gasteiger partial charge in [0, 0.05) is 17.9 Å². The minimum Gasteiger partial charge on any atom is -0.398 e. The van der Waals surface area contributed by atoms with Crippen LogP contribution in [0.15, 0.2) is 42.5 Å². The van der Waals surface area contributed by atoms with Gasteiger partial charge in [-0.25, -0.2) is 4.39 Å². The first kappa shape index (κ1) is 13.9. The zero-order chi connectivity index (χ0) is 14.5. The van der Waals surface area contributed by atoms with E-state index in [1.165, 1.54) is 6.07 Å². The first-order valence-corrected chi connectivity index (χ1v) is 6.44. The first-order valence-electron chi connectivity index (χ1n) is 6.44. The monoisotopic (exact) mass is 269 g/mol. The number of nitriles is 1. The number of hydrogen-bond donors (Lipinski definition) is 1.